The number of halogens is 1. The maximum absolute atomic E-state index is 12.3. The second-order valence-corrected chi connectivity index (χ2v) is 6.56. The van der Waals surface area contributed by atoms with Crippen molar-refractivity contribution in [2.45, 2.75) is 27.7 Å². The molecule has 0 saturated heterocycles. The van der Waals surface area contributed by atoms with Gasteiger partial charge in [0, 0.05) is 11.8 Å². The zero-order valence-corrected chi connectivity index (χ0v) is 16.7. The van der Waals surface area contributed by atoms with Gasteiger partial charge in [-0.15, -0.1) is 0 Å². The van der Waals surface area contributed by atoms with Crippen molar-refractivity contribution < 1.29 is 14.3 Å². The molecular weight excluding hydrogens is 398 g/mol. The number of pyridine rings is 1. The molecule has 0 aliphatic heterocycles. The van der Waals surface area contributed by atoms with Crippen LogP contribution >= 0.6 is 15.9 Å². The van der Waals surface area contributed by atoms with Crippen LogP contribution in [0.5, 0.6) is 11.5 Å². The van der Waals surface area contributed by atoms with Crippen molar-refractivity contribution in [2.24, 2.45) is 0 Å². The van der Waals surface area contributed by atoms with Gasteiger partial charge in [0.05, 0.1) is 34.1 Å². The van der Waals surface area contributed by atoms with Crippen LogP contribution in [0.3, 0.4) is 0 Å². The molecule has 2 aromatic rings. The molecule has 0 fully saturated rings. The lowest BCUT2D eigenvalue weighted by molar-refractivity contribution is -0.118. The zero-order chi connectivity index (χ0) is 19.3. The highest BCUT2D eigenvalue weighted by atomic mass is 79.9. The maximum atomic E-state index is 12.3. The van der Waals surface area contributed by atoms with Gasteiger partial charge in [-0.05, 0) is 61.3 Å². The molecule has 1 aromatic carbocycles. The Bertz CT molecular complexity index is 852. The van der Waals surface area contributed by atoms with Crippen molar-refractivity contribution in [1.29, 1.82) is 5.26 Å². The number of ether oxygens (including phenoxy) is 2. The minimum absolute atomic E-state index is 0.197. The van der Waals surface area contributed by atoms with Crippen LogP contribution < -0.4 is 14.8 Å². The average molecular weight is 418 g/mol. The van der Waals surface area contributed by atoms with Gasteiger partial charge in [0.1, 0.15) is 0 Å². The van der Waals surface area contributed by atoms with Gasteiger partial charge in [-0.2, -0.15) is 5.26 Å². The highest BCUT2D eigenvalue weighted by Crippen LogP contribution is 2.36. The quantitative estimate of drug-likeness (QED) is 0.765. The Kier molecular flexibility index (Phi) is 6.58. The third-order valence-electron chi connectivity index (χ3n) is 3.58. The number of anilines is 1. The summed E-state index contributed by atoms with van der Waals surface area (Å²) in [5.74, 6) is 0.493. The maximum Gasteiger partial charge on any atom is 0.262 e. The monoisotopic (exact) mass is 417 g/mol. The number of nitrogens with zero attached hydrogens (tertiary/aromatic N) is 2. The van der Waals surface area contributed by atoms with E-state index in [2.05, 4.69) is 32.3 Å². The molecule has 2 rings (SSSR count). The third-order valence-corrected chi connectivity index (χ3v) is 4.17. The summed E-state index contributed by atoms with van der Waals surface area (Å²) in [4.78, 5) is 16.7. The number of carbonyl (C=O) groups is 1. The minimum Gasteiger partial charge on any atom is -0.490 e. The third kappa shape index (κ3) is 4.73. The van der Waals surface area contributed by atoms with Gasteiger partial charge in [0.15, 0.2) is 18.1 Å². The van der Waals surface area contributed by atoms with E-state index < -0.39 is 0 Å². The smallest absolute Gasteiger partial charge is 0.262 e. The van der Waals surface area contributed by atoms with Crippen molar-refractivity contribution in [2.75, 3.05) is 18.5 Å². The number of amides is 1. The van der Waals surface area contributed by atoms with Crippen LogP contribution in [0.15, 0.2) is 22.7 Å². The highest BCUT2D eigenvalue weighted by Gasteiger charge is 2.15. The van der Waals surface area contributed by atoms with Crippen LogP contribution in [0.25, 0.3) is 0 Å². The minimum atomic E-state index is -0.305. The molecule has 7 heteroatoms. The summed E-state index contributed by atoms with van der Waals surface area (Å²) in [6, 6.07) is 7.17. The van der Waals surface area contributed by atoms with Crippen molar-refractivity contribution in [3.8, 4) is 17.6 Å². The summed E-state index contributed by atoms with van der Waals surface area (Å²) >= 11 is 3.36. The first-order valence-electron chi connectivity index (χ1n) is 8.09. The van der Waals surface area contributed by atoms with E-state index in [9.17, 15) is 4.79 Å². The van der Waals surface area contributed by atoms with Crippen molar-refractivity contribution in [1.82, 2.24) is 4.98 Å². The molecule has 0 atom stereocenters. The van der Waals surface area contributed by atoms with E-state index in [-0.39, 0.29) is 12.5 Å². The summed E-state index contributed by atoms with van der Waals surface area (Å²) in [6.07, 6.45) is 0. The van der Waals surface area contributed by atoms with Crippen LogP contribution in [0.2, 0.25) is 0 Å². The Labute approximate surface area is 161 Å². The second kappa shape index (κ2) is 8.68. The molecule has 1 amide bonds. The van der Waals surface area contributed by atoms with Gasteiger partial charge in [0.2, 0.25) is 0 Å². The number of nitriles is 1. The van der Waals surface area contributed by atoms with Crippen molar-refractivity contribution in [3.05, 3.63) is 45.2 Å². The summed E-state index contributed by atoms with van der Waals surface area (Å²) in [5, 5.41) is 11.9. The van der Waals surface area contributed by atoms with Crippen molar-refractivity contribution >= 4 is 27.5 Å². The van der Waals surface area contributed by atoms with Crippen LogP contribution in [0.4, 0.5) is 5.69 Å². The van der Waals surface area contributed by atoms with Crippen LogP contribution in [-0.2, 0) is 4.79 Å². The topological polar surface area (TPSA) is 84.2 Å². The Morgan fingerprint density at radius 2 is 2.00 bits per heavy atom. The molecule has 1 aromatic heterocycles. The average Bonchev–Trinajstić information content (AvgIpc) is 2.57. The van der Waals surface area contributed by atoms with E-state index in [1.54, 1.807) is 12.1 Å². The lowest BCUT2D eigenvalue weighted by Crippen LogP contribution is -2.22. The number of benzene rings is 1. The Morgan fingerprint density at radius 1 is 1.27 bits per heavy atom. The highest BCUT2D eigenvalue weighted by molar-refractivity contribution is 9.10. The molecule has 1 N–H and O–H groups in total. The number of aryl methyl sites for hydroxylation is 3. The van der Waals surface area contributed by atoms with E-state index in [4.69, 9.17) is 14.7 Å². The normalized spacial score (nSPS) is 10.2. The molecule has 6 nitrogen and oxygen atoms in total. The summed E-state index contributed by atoms with van der Waals surface area (Å²) in [6.45, 7) is 7.73. The van der Waals surface area contributed by atoms with E-state index in [0.717, 1.165) is 17.0 Å². The number of nitrogens with one attached hydrogen (secondary N) is 1. The van der Waals surface area contributed by atoms with E-state index in [1.165, 1.54) is 0 Å². The van der Waals surface area contributed by atoms with Gasteiger partial charge in [-0.25, -0.2) is 0 Å². The molecule has 26 heavy (non-hydrogen) atoms. The second-order valence-electron chi connectivity index (χ2n) is 5.71. The zero-order valence-electron chi connectivity index (χ0n) is 15.1. The van der Waals surface area contributed by atoms with Gasteiger partial charge >= 0.3 is 0 Å². The SMILES string of the molecule is CCOc1cc(C#N)cc(Br)c1OCC(=O)Nc1c(C)cc(C)nc1C. The van der Waals surface area contributed by atoms with E-state index in [1.807, 2.05) is 33.8 Å². The molecule has 0 radical (unpaired) electrons. The molecule has 0 aliphatic rings. The van der Waals surface area contributed by atoms with Crippen molar-refractivity contribution in [3.63, 3.8) is 0 Å². The lowest BCUT2D eigenvalue weighted by atomic mass is 10.1. The first-order valence-corrected chi connectivity index (χ1v) is 8.89. The van der Waals surface area contributed by atoms with E-state index >= 15 is 0 Å². The predicted octanol–water partition coefficient (Wildman–Crippen LogP) is 4.06. The molecule has 1 heterocycles. The summed E-state index contributed by atoms with van der Waals surface area (Å²) in [7, 11) is 0. The Hall–Kier alpha value is -2.59. The van der Waals surface area contributed by atoms with Gasteiger partial charge in [0.25, 0.3) is 5.91 Å². The number of hydrogen-bond acceptors (Lipinski definition) is 5. The van der Waals surface area contributed by atoms with Gasteiger partial charge in [-0.3, -0.25) is 9.78 Å². The number of aromatic nitrogens is 1. The fourth-order valence-electron chi connectivity index (χ4n) is 2.56. The van der Waals surface area contributed by atoms with Crippen LogP contribution in [0.1, 0.15) is 29.4 Å². The molecule has 136 valence electrons. The Morgan fingerprint density at radius 3 is 2.62 bits per heavy atom. The van der Waals surface area contributed by atoms with E-state index in [0.29, 0.717) is 33.8 Å². The molecular formula is C19H20BrN3O3. The number of rotatable bonds is 6. The Balaban J connectivity index is 2.14. The predicted molar refractivity (Wildman–Crippen MR) is 103 cm³/mol. The number of hydrogen-bond donors (Lipinski definition) is 1. The largest absolute Gasteiger partial charge is 0.490 e. The fourth-order valence-corrected chi connectivity index (χ4v) is 3.12. The van der Waals surface area contributed by atoms with Crippen LogP contribution in [0, 0.1) is 32.1 Å². The first kappa shape index (κ1) is 19.7. The standard InChI is InChI=1S/C19H20BrN3O3/c1-5-25-16-8-14(9-21)7-15(20)19(16)26-10-17(24)23-18-11(2)6-12(3)22-13(18)4/h6-8H,5,10H2,1-4H3,(H,23,24). The fraction of sp³-hybridized carbons (Fsp3) is 0.316. The van der Waals surface area contributed by atoms with Gasteiger partial charge in [-0.1, -0.05) is 0 Å². The first-order chi connectivity index (χ1) is 12.3. The molecule has 0 aliphatic carbocycles. The summed E-state index contributed by atoms with van der Waals surface area (Å²) < 4.78 is 11.7. The summed E-state index contributed by atoms with van der Waals surface area (Å²) in [5.41, 5.74) is 3.72. The molecule has 0 unspecified atom stereocenters. The number of carbonyl (C=O) groups excluding carboxylic acids is 1. The molecule has 0 saturated carbocycles. The molecule has 0 bridgehead atoms. The van der Waals surface area contributed by atoms with Crippen LogP contribution in [-0.4, -0.2) is 24.1 Å². The molecule has 0 spiro atoms. The van der Waals surface area contributed by atoms with Gasteiger partial charge < -0.3 is 14.8 Å². The lowest BCUT2D eigenvalue weighted by Gasteiger charge is -2.15.